The summed E-state index contributed by atoms with van der Waals surface area (Å²) in [5, 5.41) is 7.97. The highest BCUT2D eigenvalue weighted by molar-refractivity contribution is 6.08. The molecular formula is C21H22N4O. The number of fused-ring (bicyclic) bond motifs is 3. The van der Waals surface area contributed by atoms with Crippen LogP contribution in [-0.2, 0) is 11.8 Å². The van der Waals surface area contributed by atoms with E-state index in [2.05, 4.69) is 46.4 Å². The van der Waals surface area contributed by atoms with Gasteiger partial charge in [0, 0.05) is 60.6 Å². The molecule has 132 valence electrons. The van der Waals surface area contributed by atoms with Gasteiger partial charge in [-0.2, -0.15) is 5.10 Å². The van der Waals surface area contributed by atoms with Gasteiger partial charge in [-0.25, -0.2) is 4.98 Å². The summed E-state index contributed by atoms with van der Waals surface area (Å²) < 4.78 is 7.37. The standard InChI is InChI=1S/C21H22N4O/c1-13-19-18-9-15(17-11-23-25(2)12-17)3-4-16(18)10-22-21(19)24-20(13)14-5-7-26-8-6-14/h3-4,9-12,14H,5-8H2,1-2H3,(H,22,24). The predicted molar refractivity (Wildman–Crippen MR) is 103 cm³/mol. The molecule has 1 N–H and O–H groups in total. The second kappa shape index (κ2) is 5.95. The SMILES string of the molecule is Cc1c(C2CCOCC2)[nH]c2ncc3ccc(-c4cnn(C)c4)cc3c12. The van der Waals surface area contributed by atoms with Crippen molar-refractivity contribution in [2.24, 2.45) is 7.05 Å². The first-order valence-corrected chi connectivity index (χ1v) is 9.18. The number of ether oxygens (including phenoxy) is 1. The zero-order valence-corrected chi connectivity index (χ0v) is 15.1. The second-order valence-corrected chi connectivity index (χ2v) is 7.24. The molecule has 0 saturated carbocycles. The Hall–Kier alpha value is -2.66. The van der Waals surface area contributed by atoms with Crippen molar-refractivity contribution >= 4 is 21.8 Å². The van der Waals surface area contributed by atoms with E-state index < -0.39 is 0 Å². The van der Waals surface area contributed by atoms with Crippen LogP contribution in [0.2, 0.25) is 0 Å². The van der Waals surface area contributed by atoms with Crippen LogP contribution in [0.3, 0.4) is 0 Å². The van der Waals surface area contributed by atoms with Gasteiger partial charge in [-0.05, 0) is 42.3 Å². The molecule has 5 rings (SSSR count). The average Bonchev–Trinajstić information content (AvgIpc) is 3.26. The molecule has 0 atom stereocenters. The number of benzene rings is 1. The van der Waals surface area contributed by atoms with Gasteiger partial charge >= 0.3 is 0 Å². The molecule has 0 amide bonds. The fourth-order valence-electron chi connectivity index (χ4n) is 4.19. The molecule has 4 aromatic rings. The maximum absolute atomic E-state index is 5.53. The van der Waals surface area contributed by atoms with Crippen LogP contribution >= 0.6 is 0 Å². The Balaban J connectivity index is 1.71. The zero-order valence-electron chi connectivity index (χ0n) is 15.1. The van der Waals surface area contributed by atoms with Gasteiger partial charge in [0.25, 0.3) is 0 Å². The summed E-state index contributed by atoms with van der Waals surface area (Å²) in [7, 11) is 1.95. The van der Waals surface area contributed by atoms with Crippen LogP contribution in [0.4, 0.5) is 0 Å². The summed E-state index contributed by atoms with van der Waals surface area (Å²) in [6, 6.07) is 6.57. The van der Waals surface area contributed by atoms with E-state index in [1.807, 2.05) is 24.1 Å². The lowest BCUT2D eigenvalue weighted by molar-refractivity contribution is 0.0845. The number of hydrogen-bond donors (Lipinski definition) is 1. The van der Waals surface area contributed by atoms with E-state index in [4.69, 9.17) is 4.74 Å². The van der Waals surface area contributed by atoms with Crippen LogP contribution in [0.1, 0.15) is 30.0 Å². The molecule has 0 radical (unpaired) electrons. The molecule has 5 heteroatoms. The summed E-state index contributed by atoms with van der Waals surface area (Å²) in [5.74, 6) is 0.537. The third-order valence-electron chi connectivity index (χ3n) is 5.59. The van der Waals surface area contributed by atoms with Crippen molar-refractivity contribution in [2.45, 2.75) is 25.7 Å². The number of hydrogen-bond acceptors (Lipinski definition) is 3. The van der Waals surface area contributed by atoms with Gasteiger partial charge in [-0.3, -0.25) is 4.68 Å². The Morgan fingerprint density at radius 1 is 1.15 bits per heavy atom. The first-order valence-electron chi connectivity index (χ1n) is 9.18. The molecule has 1 aliphatic heterocycles. The van der Waals surface area contributed by atoms with E-state index in [-0.39, 0.29) is 0 Å². The molecule has 4 heterocycles. The van der Waals surface area contributed by atoms with Gasteiger partial charge in [-0.15, -0.1) is 0 Å². The summed E-state index contributed by atoms with van der Waals surface area (Å²) in [4.78, 5) is 8.29. The number of aryl methyl sites for hydroxylation is 2. The van der Waals surface area contributed by atoms with E-state index in [1.165, 1.54) is 33.0 Å². The molecule has 0 spiro atoms. The summed E-state index contributed by atoms with van der Waals surface area (Å²) in [6.45, 7) is 3.92. The molecule has 1 saturated heterocycles. The van der Waals surface area contributed by atoms with Crippen molar-refractivity contribution in [2.75, 3.05) is 13.2 Å². The Morgan fingerprint density at radius 2 is 2.00 bits per heavy atom. The molecule has 1 aromatic carbocycles. The number of pyridine rings is 1. The molecular weight excluding hydrogens is 324 g/mol. The number of rotatable bonds is 2. The molecule has 1 aliphatic rings. The first-order chi connectivity index (χ1) is 12.7. The van der Waals surface area contributed by atoms with Crippen LogP contribution in [0.5, 0.6) is 0 Å². The van der Waals surface area contributed by atoms with Gasteiger partial charge in [0.05, 0.1) is 6.20 Å². The third kappa shape index (κ3) is 2.42. The van der Waals surface area contributed by atoms with Crippen LogP contribution in [0.25, 0.3) is 32.9 Å². The normalized spacial score (nSPS) is 15.9. The van der Waals surface area contributed by atoms with Gasteiger partial charge in [0.1, 0.15) is 5.65 Å². The molecule has 0 unspecified atom stereocenters. The largest absolute Gasteiger partial charge is 0.381 e. The quantitative estimate of drug-likeness (QED) is 0.588. The number of aromatic nitrogens is 4. The Morgan fingerprint density at radius 3 is 2.77 bits per heavy atom. The molecule has 1 fully saturated rings. The van der Waals surface area contributed by atoms with Crippen molar-refractivity contribution in [1.29, 1.82) is 0 Å². The third-order valence-corrected chi connectivity index (χ3v) is 5.59. The van der Waals surface area contributed by atoms with Crippen molar-refractivity contribution in [3.63, 3.8) is 0 Å². The van der Waals surface area contributed by atoms with E-state index >= 15 is 0 Å². The fourth-order valence-corrected chi connectivity index (χ4v) is 4.19. The van der Waals surface area contributed by atoms with Gasteiger partial charge < -0.3 is 9.72 Å². The summed E-state index contributed by atoms with van der Waals surface area (Å²) in [5.41, 5.74) is 5.96. The minimum absolute atomic E-state index is 0.537. The first kappa shape index (κ1) is 15.6. The van der Waals surface area contributed by atoms with Gasteiger partial charge in [0.15, 0.2) is 0 Å². The maximum atomic E-state index is 5.53. The summed E-state index contributed by atoms with van der Waals surface area (Å²) >= 11 is 0. The highest BCUT2D eigenvalue weighted by atomic mass is 16.5. The van der Waals surface area contributed by atoms with Gasteiger partial charge in [-0.1, -0.05) is 12.1 Å². The van der Waals surface area contributed by atoms with Crippen molar-refractivity contribution in [3.8, 4) is 11.1 Å². The van der Waals surface area contributed by atoms with Crippen LogP contribution in [0, 0.1) is 6.92 Å². The van der Waals surface area contributed by atoms with Gasteiger partial charge in [0.2, 0.25) is 0 Å². The lowest BCUT2D eigenvalue weighted by Gasteiger charge is -2.21. The highest BCUT2D eigenvalue weighted by Crippen LogP contribution is 2.36. The lowest BCUT2D eigenvalue weighted by Crippen LogP contribution is -2.15. The molecule has 26 heavy (non-hydrogen) atoms. The minimum atomic E-state index is 0.537. The molecule has 0 aliphatic carbocycles. The predicted octanol–water partition coefficient (Wildman–Crippen LogP) is 4.32. The van der Waals surface area contributed by atoms with E-state index in [1.54, 1.807) is 0 Å². The molecule has 0 bridgehead atoms. The minimum Gasteiger partial charge on any atom is -0.381 e. The lowest BCUT2D eigenvalue weighted by atomic mass is 9.93. The number of nitrogens with zero attached hydrogens (tertiary/aromatic N) is 3. The van der Waals surface area contributed by atoms with Crippen LogP contribution in [0.15, 0.2) is 36.8 Å². The van der Waals surface area contributed by atoms with Crippen LogP contribution in [-0.4, -0.2) is 33.0 Å². The zero-order chi connectivity index (χ0) is 17.7. The number of H-pyrrole nitrogens is 1. The maximum Gasteiger partial charge on any atom is 0.138 e. The number of nitrogens with one attached hydrogen (secondary N) is 1. The average molecular weight is 346 g/mol. The molecule has 3 aromatic heterocycles. The second-order valence-electron chi connectivity index (χ2n) is 7.24. The van der Waals surface area contributed by atoms with Crippen molar-refractivity contribution < 1.29 is 4.74 Å². The van der Waals surface area contributed by atoms with E-state index in [0.29, 0.717) is 5.92 Å². The molecule has 5 nitrogen and oxygen atoms in total. The smallest absolute Gasteiger partial charge is 0.138 e. The monoisotopic (exact) mass is 346 g/mol. The number of aromatic amines is 1. The van der Waals surface area contributed by atoms with E-state index in [0.717, 1.165) is 37.3 Å². The Labute approximate surface area is 152 Å². The fraction of sp³-hybridized carbons (Fsp3) is 0.333. The topological polar surface area (TPSA) is 55.7 Å². The van der Waals surface area contributed by atoms with Crippen LogP contribution < -0.4 is 0 Å². The van der Waals surface area contributed by atoms with Crippen molar-refractivity contribution in [1.82, 2.24) is 19.7 Å². The summed E-state index contributed by atoms with van der Waals surface area (Å²) in [6.07, 6.45) is 8.08. The Kier molecular flexibility index (Phi) is 3.57. The van der Waals surface area contributed by atoms with E-state index in [9.17, 15) is 0 Å². The Bertz CT molecular complexity index is 1100. The highest BCUT2D eigenvalue weighted by Gasteiger charge is 2.22. The van der Waals surface area contributed by atoms with Crippen molar-refractivity contribution in [3.05, 3.63) is 48.0 Å².